The van der Waals surface area contributed by atoms with Gasteiger partial charge < -0.3 is 10.1 Å². The minimum atomic E-state index is -4.51. The maximum Gasteiger partial charge on any atom is 0.418 e. The molecule has 1 aromatic carbocycles. The molecule has 0 bridgehead atoms. The summed E-state index contributed by atoms with van der Waals surface area (Å²) in [6.45, 7) is 1.96. The van der Waals surface area contributed by atoms with E-state index in [0.717, 1.165) is 32.0 Å². The van der Waals surface area contributed by atoms with Crippen molar-refractivity contribution >= 4 is 11.8 Å². The van der Waals surface area contributed by atoms with Gasteiger partial charge in [-0.25, -0.2) is 4.79 Å². The molecule has 7 heteroatoms. The van der Waals surface area contributed by atoms with Crippen LogP contribution in [0.15, 0.2) is 24.3 Å². The van der Waals surface area contributed by atoms with Crippen molar-refractivity contribution in [2.45, 2.75) is 19.0 Å². The number of halogens is 3. The zero-order valence-corrected chi connectivity index (χ0v) is 11.4. The summed E-state index contributed by atoms with van der Waals surface area (Å²) in [5.41, 5.74) is -1.18. The molecule has 21 heavy (non-hydrogen) atoms. The summed E-state index contributed by atoms with van der Waals surface area (Å²) in [7, 11) is 0. The molecule has 0 spiro atoms. The van der Waals surface area contributed by atoms with Crippen molar-refractivity contribution < 1.29 is 22.7 Å². The van der Waals surface area contributed by atoms with Crippen molar-refractivity contribution in [3.8, 4) is 0 Å². The van der Waals surface area contributed by atoms with Gasteiger partial charge in [0.2, 0.25) is 0 Å². The third-order valence-corrected chi connectivity index (χ3v) is 3.38. The molecule has 1 saturated heterocycles. The minimum absolute atomic E-state index is 0.224. The first-order valence-corrected chi connectivity index (χ1v) is 6.77. The summed E-state index contributed by atoms with van der Waals surface area (Å²) in [6.07, 6.45) is -3.58. The largest absolute Gasteiger partial charge is 0.449 e. The number of para-hydroxylation sites is 1. The lowest BCUT2D eigenvalue weighted by molar-refractivity contribution is -0.136. The highest BCUT2D eigenvalue weighted by Gasteiger charge is 2.33. The molecule has 1 aliphatic rings. The fraction of sp³-hybridized carbons (Fsp3) is 0.500. The molecule has 1 amide bonds. The van der Waals surface area contributed by atoms with Gasteiger partial charge in [0.15, 0.2) is 0 Å². The smallest absolute Gasteiger partial charge is 0.418 e. The number of benzene rings is 1. The average molecular weight is 302 g/mol. The molecule has 4 nitrogen and oxygen atoms in total. The van der Waals surface area contributed by atoms with Crippen LogP contribution in [0.1, 0.15) is 18.4 Å². The maximum absolute atomic E-state index is 12.8. The molecule has 1 fully saturated rings. The molecule has 0 saturated carbocycles. The predicted octanol–water partition coefficient (Wildman–Crippen LogP) is 3.25. The van der Waals surface area contributed by atoms with E-state index in [1.807, 2.05) is 0 Å². The first-order chi connectivity index (χ1) is 9.97. The van der Waals surface area contributed by atoms with Crippen LogP contribution in [0.5, 0.6) is 0 Å². The van der Waals surface area contributed by atoms with Crippen LogP contribution in [-0.2, 0) is 10.9 Å². The summed E-state index contributed by atoms with van der Waals surface area (Å²) in [6, 6.07) is 4.82. The number of carbonyl (C=O) groups is 1. The number of alkyl halides is 3. The zero-order valence-electron chi connectivity index (χ0n) is 11.4. The first kappa shape index (κ1) is 15.6. The lowest BCUT2D eigenvalue weighted by Crippen LogP contribution is -2.31. The van der Waals surface area contributed by atoms with Gasteiger partial charge in [0, 0.05) is 0 Å². The second kappa shape index (κ2) is 6.80. The number of piperidine rings is 1. The number of rotatable bonds is 3. The van der Waals surface area contributed by atoms with E-state index in [4.69, 9.17) is 4.74 Å². The Bertz CT molecular complexity index is 485. The highest BCUT2D eigenvalue weighted by Crippen LogP contribution is 2.34. The van der Waals surface area contributed by atoms with Gasteiger partial charge in [0.25, 0.3) is 0 Å². The van der Waals surface area contributed by atoms with E-state index in [2.05, 4.69) is 10.6 Å². The van der Waals surface area contributed by atoms with E-state index in [0.29, 0.717) is 0 Å². The van der Waals surface area contributed by atoms with Gasteiger partial charge >= 0.3 is 12.3 Å². The van der Waals surface area contributed by atoms with Crippen LogP contribution < -0.4 is 10.6 Å². The number of carbonyl (C=O) groups excluding carboxylic acids is 1. The Kier molecular flexibility index (Phi) is 5.06. The number of hydrogen-bond donors (Lipinski definition) is 2. The van der Waals surface area contributed by atoms with Crippen molar-refractivity contribution in [1.82, 2.24) is 5.32 Å². The van der Waals surface area contributed by atoms with Gasteiger partial charge in [-0.1, -0.05) is 12.1 Å². The highest BCUT2D eigenvalue weighted by atomic mass is 19.4. The molecule has 0 unspecified atom stereocenters. The molecule has 1 heterocycles. The molecule has 2 N–H and O–H groups in total. The number of anilines is 1. The number of hydrogen-bond acceptors (Lipinski definition) is 3. The summed E-state index contributed by atoms with van der Waals surface area (Å²) >= 11 is 0. The Morgan fingerprint density at radius 2 is 1.95 bits per heavy atom. The van der Waals surface area contributed by atoms with Crippen molar-refractivity contribution in [3.05, 3.63) is 29.8 Å². The Morgan fingerprint density at radius 3 is 2.62 bits per heavy atom. The molecule has 116 valence electrons. The first-order valence-electron chi connectivity index (χ1n) is 6.77. The molecular weight excluding hydrogens is 285 g/mol. The SMILES string of the molecule is O=C(Nc1ccccc1C(F)(F)F)OCC1CCNCC1. The predicted molar refractivity (Wildman–Crippen MR) is 72.0 cm³/mol. The molecule has 2 rings (SSSR count). The van der Waals surface area contributed by atoms with Crippen LogP contribution in [0.2, 0.25) is 0 Å². The third kappa shape index (κ3) is 4.63. The van der Waals surface area contributed by atoms with Crippen LogP contribution in [-0.4, -0.2) is 25.8 Å². The molecule has 0 aliphatic carbocycles. The van der Waals surface area contributed by atoms with Crippen molar-refractivity contribution in [2.75, 3.05) is 25.0 Å². The topological polar surface area (TPSA) is 50.4 Å². The number of amides is 1. The molecule has 0 aromatic heterocycles. The summed E-state index contributed by atoms with van der Waals surface area (Å²) in [5, 5.41) is 5.35. The quantitative estimate of drug-likeness (QED) is 0.901. The summed E-state index contributed by atoms with van der Waals surface area (Å²) < 4.78 is 43.3. The average Bonchev–Trinajstić information content (AvgIpc) is 2.46. The van der Waals surface area contributed by atoms with Gasteiger partial charge in [-0.15, -0.1) is 0 Å². The van der Waals surface area contributed by atoms with E-state index in [1.54, 1.807) is 0 Å². The van der Waals surface area contributed by atoms with Crippen molar-refractivity contribution in [3.63, 3.8) is 0 Å². The fourth-order valence-electron chi connectivity index (χ4n) is 2.23. The van der Waals surface area contributed by atoms with Crippen molar-refractivity contribution in [1.29, 1.82) is 0 Å². The van der Waals surface area contributed by atoms with E-state index in [1.165, 1.54) is 18.2 Å². The van der Waals surface area contributed by atoms with Crippen LogP contribution in [0.25, 0.3) is 0 Å². The van der Waals surface area contributed by atoms with E-state index < -0.39 is 17.8 Å². The van der Waals surface area contributed by atoms with Gasteiger partial charge in [-0.05, 0) is 44.0 Å². The number of ether oxygens (including phenoxy) is 1. The highest BCUT2D eigenvalue weighted by molar-refractivity contribution is 5.85. The zero-order chi connectivity index (χ0) is 15.3. The van der Waals surface area contributed by atoms with E-state index in [9.17, 15) is 18.0 Å². The molecule has 0 atom stereocenters. The van der Waals surface area contributed by atoms with E-state index >= 15 is 0 Å². The Morgan fingerprint density at radius 1 is 1.29 bits per heavy atom. The maximum atomic E-state index is 12.8. The second-order valence-corrected chi connectivity index (χ2v) is 4.96. The third-order valence-electron chi connectivity index (χ3n) is 3.38. The summed E-state index contributed by atoms with van der Waals surface area (Å²) in [4.78, 5) is 11.6. The molecule has 1 aliphatic heterocycles. The normalized spacial score (nSPS) is 16.5. The lowest BCUT2D eigenvalue weighted by Gasteiger charge is -2.22. The van der Waals surface area contributed by atoms with Gasteiger partial charge in [-0.3, -0.25) is 5.32 Å². The Labute approximate surface area is 120 Å². The monoisotopic (exact) mass is 302 g/mol. The Balaban J connectivity index is 1.90. The van der Waals surface area contributed by atoms with Crippen LogP contribution >= 0.6 is 0 Å². The standard InChI is InChI=1S/C14H17F3N2O2/c15-14(16,17)11-3-1-2-4-12(11)19-13(20)21-9-10-5-7-18-8-6-10/h1-4,10,18H,5-9H2,(H,19,20). The fourth-order valence-corrected chi connectivity index (χ4v) is 2.23. The Hall–Kier alpha value is -1.76. The van der Waals surface area contributed by atoms with Crippen molar-refractivity contribution in [2.24, 2.45) is 5.92 Å². The molecule has 1 aromatic rings. The van der Waals surface area contributed by atoms with E-state index in [-0.39, 0.29) is 18.2 Å². The summed E-state index contributed by atoms with van der Waals surface area (Å²) in [5.74, 6) is 0.259. The van der Waals surface area contributed by atoms with Crippen LogP contribution in [0, 0.1) is 5.92 Å². The van der Waals surface area contributed by atoms with Gasteiger partial charge in [0.05, 0.1) is 17.9 Å². The van der Waals surface area contributed by atoms with Crippen LogP contribution in [0.3, 0.4) is 0 Å². The second-order valence-electron chi connectivity index (χ2n) is 4.96. The van der Waals surface area contributed by atoms with Gasteiger partial charge in [0.1, 0.15) is 0 Å². The molecular formula is C14H17F3N2O2. The number of nitrogens with one attached hydrogen (secondary N) is 2. The van der Waals surface area contributed by atoms with Gasteiger partial charge in [-0.2, -0.15) is 13.2 Å². The lowest BCUT2D eigenvalue weighted by atomic mass is 9.99. The molecule has 0 radical (unpaired) electrons. The van der Waals surface area contributed by atoms with Crippen LogP contribution in [0.4, 0.5) is 23.7 Å². The minimum Gasteiger partial charge on any atom is -0.449 e.